The molecule has 0 saturated carbocycles. The number of carbonyl (C=O) groups excluding carboxylic acids is 3. The minimum absolute atomic E-state index is 0.0322. The highest BCUT2D eigenvalue weighted by atomic mass is 16.5. The molecule has 2 heterocycles. The zero-order valence-electron chi connectivity index (χ0n) is 16.3. The van der Waals surface area contributed by atoms with Crippen molar-refractivity contribution >= 4 is 23.4 Å². The number of fused-ring (bicyclic) bond motifs is 1. The molecule has 0 saturated heterocycles. The molecule has 1 N–H and O–H groups in total. The van der Waals surface area contributed by atoms with Crippen LogP contribution in [0.5, 0.6) is 11.5 Å². The highest BCUT2D eigenvalue weighted by Gasteiger charge is 2.36. The second-order valence-corrected chi connectivity index (χ2v) is 6.59. The molecule has 1 aliphatic heterocycles. The van der Waals surface area contributed by atoms with Crippen LogP contribution in [0.15, 0.2) is 59.2 Å². The summed E-state index contributed by atoms with van der Waals surface area (Å²) in [5.41, 5.74) is 1.16. The Labute approximate surface area is 172 Å². The summed E-state index contributed by atoms with van der Waals surface area (Å²) in [6, 6.07) is 12.8. The predicted molar refractivity (Wildman–Crippen MR) is 107 cm³/mol. The summed E-state index contributed by atoms with van der Waals surface area (Å²) in [7, 11) is 3.02. The third-order valence-corrected chi connectivity index (χ3v) is 4.74. The third kappa shape index (κ3) is 3.50. The smallest absolute Gasteiger partial charge is 0.261 e. The topological polar surface area (TPSA) is 98.1 Å². The first-order valence-electron chi connectivity index (χ1n) is 9.07. The van der Waals surface area contributed by atoms with E-state index in [2.05, 4.69) is 5.32 Å². The Hall–Kier alpha value is -4.07. The van der Waals surface area contributed by atoms with Crippen molar-refractivity contribution in [3.8, 4) is 11.5 Å². The minimum Gasteiger partial charge on any atom is -0.497 e. The summed E-state index contributed by atoms with van der Waals surface area (Å²) < 4.78 is 15.6. The molecule has 1 aromatic heterocycles. The number of hydrogen-bond acceptors (Lipinski definition) is 6. The number of anilines is 1. The predicted octanol–water partition coefficient (Wildman–Crippen LogP) is 3.35. The van der Waals surface area contributed by atoms with E-state index in [0.717, 1.165) is 4.90 Å². The number of rotatable bonds is 6. The molecule has 0 radical (unpaired) electrons. The number of furan rings is 1. The molecular weight excluding hydrogens is 388 g/mol. The Morgan fingerprint density at radius 2 is 1.67 bits per heavy atom. The molecule has 152 valence electrons. The molecule has 0 fully saturated rings. The lowest BCUT2D eigenvalue weighted by Crippen LogP contribution is -2.28. The molecule has 3 aromatic rings. The fourth-order valence-corrected chi connectivity index (χ4v) is 3.22. The molecule has 0 unspecified atom stereocenters. The van der Waals surface area contributed by atoms with Crippen molar-refractivity contribution in [2.75, 3.05) is 19.5 Å². The van der Waals surface area contributed by atoms with Gasteiger partial charge in [0.1, 0.15) is 17.3 Å². The number of carbonyl (C=O) groups is 3. The lowest BCUT2D eigenvalue weighted by atomic mass is 10.1. The number of imide groups is 1. The van der Waals surface area contributed by atoms with E-state index in [9.17, 15) is 14.4 Å². The minimum atomic E-state index is -0.468. The summed E-state index contributed by atoms with van der Waals surface area (Å²) in [5, 5.41) is 2.75. The van der Waals surface area contributed by atoms with Gasteiger partial charge in [-0.2, -0.15) is 0 Å². The molecule has 4 rings (SSSR count). The first-order valence-corrected chi connectivity index (χ1v) is 9.07. The Kier molecular flexibility index (Phi) is 4.97. The van der Waals surface area contributed by atoms with E-state index >= 15 is 0 Å². The van der Waals surface area contributed by atoms with Gasteiger partial charge < -0.3 is 19.2 Å². The van der Waals surface area contributed by atoms with E-state index in [0.29, 0.717) is 22.9 Å². The molecule has 1 aliphatic rings. The fourth-order valence-electron chi connectivity index (χ4n) is 3.22. The van der Waals surface area contributed by atoms with Gasteiger partial charge in [0.15, 0.2) is 0 Å². The summed E-state index contributed by atoms with van der Waals surface area (Å²) >= 11 is 0. The molecule has 0 bridgehead atoms. The van der Waals surface area contributed by atoms with Crippen LogP contribution in [0, 0.1) is 0 Å². The summed E-state index contributed by atoms with van der Waals surface area (Å²) in [6.07, 6.45) is 1.48. The number of methoxy groups -OCH3 is 2. The van der Waals surface area contributed by atoms with E-state index in [-0.39, 0.29) is 23.2 Å². The van der Waals surface area contributed by atoms with E-state index in [1.54, 1.807) is 30.3 Å². The van der Waals surface area contributed by atoms with Crippen LogP contribution >= 0.6 is 0 Å². The van der Waals surface area contributed by atoms with E-state index < -0.39 is 17.7 Å². The van der Waals surface area contributed by atoms with Crippen molar-refractivity contribution in [3.05, 3.63) is 77.2 Å². The average Bonchev–Trinajstić information content (AvgIpc) is 3.36. The monoisotopic (exact) mass is 406 g/mol. The van der Waals surface area contributed by atoms with Gasteiger partial charge in [0.2, 0.25) is 0 Å². The van der Waals surface area contributed by atoms with Gasteiger partial charge in [-0.1, -0.05) is 0 Å². The standard InChI is InChI=1S/C22H18N2O6/c1-28-16-9-14(10-17(11-16)29-2)23-20(25)13-5-6-18-19(8-13)22(27)24(21(18)26)12-15-4-3-7-30-15/h3-11H,12H2,1-2H3,(H,23,25). The van der Waals surface area contributed by atoms with Crippen LogP contribution in [0.2, 0.25) is 0 Å². The maximum absolute atomic E-state index is 12.7. The summed E-state index contributed by atoms with van der Waals surface area (Å²) in [4.78, 5) is 39.1. The van der Waals surface area contributed by atoms with Crippen LogP contribution in [0.25, 0.3) is 0 Å². The number of amides is 3. The molecule has 0 atom stereocenters. The molecule has 0 spiro atoms. The zero-order chi connectivity index (χ0) is 21.3. The van der Waals surface area contributed by atoms with Gasteiger partial charge in [0.25, 0.3) is 17.7 Å². The molecule has 30 heavy (non-hydrogen) atoms. The van der Waals surface area contributed by atoms with Crippen molar-refractivity contribution < 1.29 is 28.3 Å². The third-order valence-electron chi connectivity index (χ3n) is 4.74. The Morgan fingerprint density at radius 1 is 0.967 bits per heavy atom. The number of nitrogens with zero attached hydrogens (tertiary/aromatic N) is 1. The van der Waals surface area contributed by atoms with Gasteiger partial charge in [-0.15, -0.1) is 0 Å². The molecular formula is C22H18N2O6. The fraction of sp³-hybridized carbons (Fsp3) is 0.136. The molecule has 2 aromatic carbocycles. The van der Waals surface area contributed by atoms with E-state index in [1.165, 1.54) is 38.7 Å². The maximum Gasteiger partial charge on any atom is 0.261 e. The Balaban J connectivity index is 1.57. The lowest BCUT2D eigenvalue weighted by molar-refractivity contribution is 0.0631. The van der Waals surface area contributed by atoms with Crippen LogP contribution in [-0.2, 0) is 6.54 Å². The first kappa shape index (κ1) is 19.3. The number of ether oxygens (including phenoxy) is 2. The van der Waals surface area contributed by atoms with Crippen molar-refractivity contribution in [1.82, 2.24) is 4.90 Å². The van der Waals surface area contributed by atoms with E-state index in [1.807, 2.05) is 0 Å². The molecule has 8 heteroatoms. The van der Waals surface area contributed by atoms with Crippen LogP contribution in [0.1, 0.15) is 36.8 Å². The molecule has 0 aliphatic carbocycles. The molecule has 3 amide bonds. The van der Waals surface area contributed by atoms with Crippen LogP contribution < -0.4 is 14.8 Å². The van der Waals surface area contributed by atoms with Crippen molar-refractivity contribution in [3.63, 3.8) is 0 Å². The first-order chi connectivity index (χ1) is 14.5. The van der Waals surface area contributed by atoms with Crippen molar-refractivity contribution in [2.24, 2.45) is 0 Å². The van der Waals surface area contributed by atoms with E-state index in [4.69, 9.17) is 13.9 Å². The van der Waals surface area contributed by atoms with Gasteiger partial charge in [0, 0.05) is 29.4 Å². The largest absolute Gasteiger partial charge is 0.497 e. The highest BCUT2D eigenvalue weighted by molar-refractivity contribution is 6.22. The summed E-state index contributed by atoms with van der Waals surface area (Å²) in [6.45, 7) is 0.0322. The normalized spacial score (nSPS) is 12.7. The van der Waals surface area contributed by atoms with Gasteiger partial charge in [-0.05, 0) is 30.3 Å². The van der Waals surface area contributed by atoms with Gasteiger partial charge in [-0.25, -0.2) is 0 Å². The second-order valence-electron chi connectivity index (χ2n) is 6.59. The lowest BCUT2D eigenvalue weighted by Gasteiger charge is -2.11. The Morgan fingerprint density at radius 3 is 2.30 bits per heavy atom. The number of benzene rings is 2. The van der Waals surface area contributed by atoms with Gasteiger partial charge in [-0.3, -0.25) is 19.3 Å². The zero-order valence-corrected chi connectivity index (χ0v) is 16.3. The van der Waals surface area contributed by atoms with Crippen LogP contribution in [-0.4, -0.2) is 36.8 Å². The van der Waals surface area contributed by atoms with Gasteiger partial charge >= 0.3 is 0 Å². The molecule has 8 nitrogen and oxygen atoms in total. The van der Waals surface area contributed by atoms with Crippen LogP contribution in [0.4, 0.5) is 5.69 Å². The van der Waals surface area contributed by atoms with Gasteiger partial charge in [0.05, 0.1) is 38.2 Å². The summed E-state index contributed by atoms with van der Waals surface area (Å²) in [5.74, 6) is 0.216. The number of nitrogens with one attached hydrogen (secondary N) is 1. The van der Waals surface area contributed by atoms with Crippen molar-refractivity contribution in [2.45, 2.75) is 6.54 Å². The maximum atomic E-state index is 12.7. The second kappa shape index (κ2) is 7.75. The number of hydrogen-bond donors (Lipinski definition) is 1. The highest BCUT2D eigenvalue weighted by Crippen LogP contribution is 2.28. The average molecular weight is 406 g/mol. The quantitative estimate of drug-likeness (QED) is 0.631. The SMILES string of the molecule is COc1cc(NC(=O)c2ccc3c(c2)C(=O)N(Cc2ccco2)C3=O)cc(OC)c1. The van der Waals surface area contributed by atoms with Crippen molar-refractivity contribution in [1.29, 1.82) is 0 Å². The Bertz CT molecular complexity index is 1110. The van der Waals surface area contributed by atoms with Crippen LogP contribution in [0.3, 0.4) is 0 Å².